The maximum absolute atomic E-state index is 12.8. The van der Waals surface area contributed by atoms with Crippen molar-refractivity contribution >= 4 is 23.0 Å². The molecule has 1 saturated heterocycles. The van der Waals surface area contributed by atoms with Gasteiger partial charge in [0.05, 0.1) is 25.7 Å². The largest absolute Gasteiger partial charge is 0.493 e. The van der Waals surface area contributed by atoms with Gasteiger partial charge in [-0.1, -0.05) is 12.1 Å². The van der Waals surface area contributed by atoms with E-state index in [1.807, 2.05) is 29.0 Å². The molecule has 1 heterocycles. The van der Waals surface area contributed by atoms with E-state index in [2.05, 4.69) is 0 Å². The Kier molecular flexibility index (Phi) is 6.61. The van der Waals surface area contributed by atoms with Crippen LogP contribution in [0.4, 0.5) is 17.1 Å². The number of hydrogen-bond donors (Lipinski definition) is 0. The number of amides is 1. The van der Waals surface area contributed by atoms with E-state index in [1.54, 1.807) is 43.4 Å². The number of benzene rings is 2. The lowest BCUT2D eigenvalue weighted by atomic mass is 10.2. The van der Waals surface area contributed by atoms with E-state index in [0.29, 0.717) is 43.4 Å². The lowest BCUT2D eigenvalue weighted by molar-refractivity contribution is -0.384. The minimum atomic E-state index is -0.370. The first kappa shape index (κ1) is 21.2. The number of hydrogen-bond acceptors (Lipinski definition) is 7. The van der Waals surface area contributed by atoms with Crippen molar-refractivity contribution in [1.82, 2.24) is 4.90 Å². The van der Waals surface area contributed by atoms with Crippen molar-refractivity contribution in [3.05, 3.63) is 52.6 Å². The average Bonchev–Trinajstić information content (AvgIpc) is 2.78. The number of para-hydroxylation sites is 2. The molecule has 30 heavy (non-hydrogen) atoms. The molecule has 1 aliphatic heterocycles. The second-order valence-electron chi connectivity index (χ2n) is 7.01. The van der Waals surface area contributed by atoms with Gasteiger partial charge in [0, 0.05) is 51.0 Å². The predicted molar refractivity (Wildman–Crippen MR) is 115 cm³/mol. The molecule has 0 N–H and O–H groups in total. The summed E-state index contributed by atoms with van der Waals surface area (Å²) < 4.78 is 10.6. The number of likely N-dealkylation sites (N-methyl/N-ethyl adjacent to an activating group) is 1. The van der Waals surface area contributed by atoms with Gasteiger partial charge >= 0.3 is 0 Å². The number of nitrogens with zero attached hydrogens (tertiary/aromatic N) is 4. The van der Waals surface area contributed by atoms with Crippen molar-refractivity contribution in [3.8, 4) is 11.5 Å². The Bertz CT molecular complexity index is 912. The first-order chi connectivity index (χ1) is 14.4. The molecular formula is C21H26N4O5. The Balaban J connectivity index is 1.60. The van der Waals surface area contributed by atoms with Gasteiger partial charge in [-0.25, -0.2) is 0 Å². The van der Waals surface area contributed by atoms with Crippen LogP contribution in [0.2, 0.25) is 0 Å². The fourth-order valence-corrected chi connectivity index (χ4v) is 3.54. The van der Waals surface area contributed by atoms with Gasteiger partial charge in [0.25, 0.3) is 5.69 Å². The molecule has 2 aromatic carbocycles. The van der Waals surface area contributed by atoms with Crippen LogP contribution in [0, 0.1) is 10.1 Å². The lowest BCUT2D eigenvalue weighted by Crippen LogP contribution is -2.51. The number of methoxy groups -OCH3 is 2. The number of nitro groups is 1. The number of piperazine rings is 1. The van der Waals surface area contributed by atoms with E-state index < -0.39 is 0 Å². The molecule has 0 unspecified atom stereocenters. The Morgan fingerprint density at radius 2 is 1.73 bits per heavy atom. The molecule has 0 aromatic heterocycles. The van der Waals surface area contributed by atoms with Crippen LogP contribution in [0.15, 0.2) is 42.5 Å². The molecule has 0 radical (unpaired) electrons. The zero-order valence-corrected chi connectivity index (χ0v) is 17.4. The van der Waals surface area contributed by atoms with Crippen LogP contribution >= 0.6 is 0 Å². The highest BCUT2D eigenvalue weighted by Crippen LogP contribution is 2.31. The molecule has 0 atom stereocenters. The highest BCUT2D eigenvalue weighted by molar-refractivity contribution is 5.82. The molecule has 2 aromatic rings. The predicted octanol–water partition coefficient (Wildman–Crippen LogP) is 2.40. The molecule has 160 valence electrons. The van der Waals surface area contributed by atoms with Crippen LogP contribution in [0.5, 0.6) is 11.5 Å². The number of carbonyl (C=O) groups excluding carboxylic acids is 1. The standard InChI is InChI=1S/C21H26N4O5/c1-22(16-8-9-19(29-2)20(14-16)30-3)15-21(26)24-12-10-23(11-13-24)17-6-4-5-7-18(17)25(27)28/h4-9,14H,10-13,15H2,1-3H3. The second-order valence-corrected chi connectivity index (χ2v) is 7.01. The zero-order chi connectivity index (χ0) is 21.7. The number of anilines is 2. The van der Waals surface area contributed by atoms with Crippen LogP contribution in [-0.4, -0.2) is 69.7 Å². The minimum Gasteiger partial charge on any atom is -0.493 e. The zero-order valence-electron chi connectivity index (χ0n) is 17.4. The molecule has 3 rings (SSSR count). The van der Waals surface area contributed by atoms with Crippen molar-refractivity contribution in [2.45, 2.75) is 0 Å². The molecule has 0 saturated carbocycles. The van der Waals surface area contributed by atoms with E-state index >= 15 is 0 Å². The maximum atomic E-state index is 12.8. The summed E-state index contributed by atoms with van der Waals surface area (Å²) in [5.74, 6) is 1.24. The molecular weight excluding hydrogens is 388 g/mol. The second kappa shape index (κ2) is 9.34. The van der Waals surface area contributed by atoms with Crippen molar-refractivity contribution in [2.75, 3.05) is 63.8 Å². The van der Waals surface area contributed by atoms with Gasteiger partial charge in [-0.3, -0.25) is 14.9 Å². The Morgan fingerprint density at radius 3 is 2.37 bits per heavy atom. The third kappa shape index (κ3) is 4.56. The summed E-state index contributed by atoms with van der Waals surface area (Å²) in [7, 11) is 5.00. The molecule has 0 bridgehead atoms. The van der Waals surface area contributed by atoms with E-state index in [4.69, 9.17) is 9.47 Å². The first-order valence-electron chi connectivity index (χ1n) is 9.64. The lowest BCUT2D eigenvalue weighted by Gasteiger charge is -2.36. The summed E-state index contributed by atoms with van der Waals surface area (Å²) in [6, 6.07) is 12.2. The van der Waals surface area contributed by atoms with Crippen LogP contribution in [0.25, 0.3) is 0 Å². The summed E-state index contributed by atoms with van der Waals surface area (Å²) in [5.41, 5.74) is 1.53. The molecule has 1 fully saturated rings. The quantitative estimate of drug-likeness (QED) is 0.508. The summed E-state index contributed by atoms with van der Waals surface area (Å²) in [6.45, 7) is 2.36. The summed E-state index contributed by atoms with van der Waals surface area (Å²) in [6.07, 6.45) is 0. The van der Waals surface area contributed by atoms with Gasteiger partial charge < -0.3 is 24.2 Å². The molecule has 0 spiro atoms. The summed E-state index contributed by atoms with van der Waals surface area (Å²) in [5, 5.41) is 11.3. The monoisotopic (exact) mass is 414 g/mol. The smallest absolute Gasteiger partial charge is 0.292 e. The fraction of sp³-hybridized carbons (Fsp3) is 0.381. The SMILES string of the molecule is COc1ccc(N(C)CC(=O)N2CCN(c3ccccc3[N+](=O)[O-])CC2)cc1OC. The molecule has 9 heteroatoms. The van der Waals surface area contributed by atoms with Gasteiger partial charge in [-0.05, 0) is 18.2 Å². The highest BCUT2D eigenvalue weighted by Gasteiger charge is 2.26. The Morgan fingerprint density at radius 1 is 1.07 bits per heavy atom. The third-order valence-corrected chi connectivity index (χ3v) is 5.23. The summed E-state index contributed by atoms with van der Waals surface area (Å²) >= 11 is 0. The van der Waals surface area contributed by atoms with Crippen LogP contribution in [0.1, 0.15) is 0 Å². The summed E-state index contributed by atoms with van der Waals surface area (Å²) in [4.78, 5) is 29.3. The highest BCUT2D eigenvalue weighted by atomic mass is 16.6. The fourth-order valence-electron chi connectivity index (χ4n) is 3.54. The van der Waals surface area contributed by atoms with Gasteiger partial charge in [-0.15, -0.1) is 0 Å². The van der Waals surface area contributed by atoms with Crippen molar-refractivity contribution in [2.24, 2.45) is 0 Å². The van der Waals surface area contributed by atoms with Gasteiger partial charge in [-0.2, -0.15) is 0 Å². The molecule has 1 aliphatic rings. The van der Waals surface area contributed by atoms with E-state index in [0.717, 1.165) is 5.69 Å². The van der Waals surface area contributed by atoms with E-state index in [1.165, 1.54) is 6.07 Å². The number of rotatable bonds is 7. The molecule has 1 amide bonds. The normalized spacial score (nSPS) is 13.7. The van der Waals surface area contributed by atoms with Crippen LogP contribution in [0.3, 0.4) is 0 Å². The van der Waals surface area contributed by atoms with Gasteiger partial charge in [0.15, 0.2) is 11.5 Å². The first-order valence-corrected chi connectivity index (χ1v) is 9.64. The maximum Gasteiger partial charge on any atom is 0.292 e. The van der Waals surface area contributed by atoms with E-state index in [-0.39, 0.29) is 23.1 Å². The van der Waals surface area contributed by atoms with Gasteiger partial charge in [0.1, 0.15) is 5.69 Å². The van der Waals surface area contributed by atoms with Crippen molar-refractivity contribution in [1.29, 1.82) is 0 Å². The Hall–Kier alpha value is -3.49. The van der Waals surface area contributed by atoms with E-state index in [9.17, 15) is 14.9 Å². The molecule has 9 nitrogen and oxygen atoms in total. The van der Waals surface area contributed by atoms with Crippen LogP contribution in [-0.2, 0) is 4.79 Å². The number of ether oxygens (including phenoxy) is 2. The third-order valence-electron chi connectivity index (χ3n) is 5.23. The van der Waals surface area contributed by atoms with Crippen molar-refractivity contribution < 1.29 is 19.2 Å². The van der Waals surface area contributed by atoms with Crippen LogP contribution < -0.4 is 19.3 Å². The number of carbonyl (C=O) groups is 1. The van der Waals surface area contributed by atoms with Crippen molar-refractivity contribution in [3.63, 3.8) is 0 Å². The minimum absolute atomic E-state index is 0.00879. The average molecular weight is 414 g/mol. The topological polar surface area (TPSA) is 88.4 Å². The molecule has 0 aliphatic carbocycles. The number of nitro benzene ring substituents is 1. The Labute approximate surface area is 175 Å². The van der Waals surface area contributed by atoms with Gasteiger partial charge in [0.2, 0.25) is 5.91 Å².